The normalized spacial score (nSPS) is 10.9. The first-order valence-corrected chi connectivity index (χ1v) is 10.0. The molecule has 140 valence electrons. The molecular formula is C20H20ClN3O2S. The molecule has 3 rings (SSSR count). The Balaban J connectivity index is 1.48. The van der Waals surface area contributed by atoms with Gasteiger partial charge in [-0.1, -0.05) is 23.7 Å². The van der Waals surface area contributed by atoms with E-state index in [0.29, 0.717) is 29.0 Å². The van der Waals surface area contributed by atoms with Gasteiger partial charge in [0.1, 0.15) is 0 Å². The summed E-state index contributed by atoms with van der Waals surface area (Å²) in [5, 5.41) is 4.17. The van der Waals surface area contributed by atoms with Crippen LogP contribution in [0.3, 0.4) is 0 Å². The van der Waals surface area contributed by atoms with Gasteiger partial charge in [0, 0.05) is 35.2 Å². The molecule has 0 unspecified atom stereocenters. The second-order valence-corrected chi connectivity index (χ2v) is 7.72. The van der Waals surface area contributed by atoms with Gasteiger partial charge in [-0.15, -0.1) is 11.8 Å². The summed E-state index contributed by atoms with van der Waals surface area (Å²) in [5.41, 5.74) is 1.56. The van der Waals surface area contributed by atoms with Crippen molar-refractivity contribution in [2.45, 2.75) is 24.8 Å². The Hall–Kier alpha value is -2.31. The van der Waals surface area contributed by atoms with Crippen LogP contribution >= 0.6 is 23.4 Å². The Morgan fingerprint density at radius 1 is 1.22 bits per heavy atom. The Morgan fingerprint density at radius 2 is 2.00 bits per heavy atom. The number of para-hydroxylation sites is 1. The summed E-state index contributed by atoms with van der Waals surface area (Å²) >= 11 is 7.51. The van der Waals surface area contributed by atoms with E-state index in [4.69, 9.17) is 11.6 Å². The number of halogens is 1. The highest BCUT2D eigenvalue weighted by molar-refractivity contribution is 7.99. The number of rotatable bonds is 7. The zero-order valence-electron chi connectivity index (χ0n) is 14.9. The highest BCUT2D eigenvalue weighted by Gasteiger charge is 2.07. The minimum atomic E-state index is -0.116. The number of amides is 1. The first-order chi connectivity index (χ1) is 13.0. The molecule has 0 saturated heterocycles. The zero-order chi connectivity index (χ0) is 19.2. The molecule has 27 heavy (non-hydrogen) atoms. The van der Waals surface area contributed by atoms with E-state index in [0.717, 1.165) is 16.2 Å². The number of aromatic nitrogens is 2. The Bertz CT molecular complexity index is 1000. The number of carbonyl (C=O) groups excluding carboxylic acids is 1. The summed E-state index contributed by atoms with van der Waals surface area (Å²) in [6.45, 7) is 2.80. The number of aryl methyl sites for hydroxylation is 2. The fourth-order valence-corrected chi connectivity index (χ4v) is 3.59. The molecule has 0 aliphatic carbocycles. The molecule has 1 aromatic heterocycles. The van der Waals surface area contributed by atoms with Crippen molar-refractivity contribution >= 4 is 40.2 Å². The van der Waals surface area contributed by atoms with E-state index in [1.807, 2.05) is 43.3 Å². The molecule has 1 amide bonds. The lowest BCUT2D eigenvalue weighted by Crippen LogP contribution is -2.29. The highest BCUT2D eigenvalue weighted by atomic mass is 35.5. The van der Waals surface area contributed by atoms with Crippen molar-refractivity contribution in [2.24, 2.45) is 0 Å². The average molecular weight is 402 g/mol. The molecule has 0 aliphatic rings. The third-order valence-corrected chi connectivity index (χ3v) is 5.41. The number of thioether (sulfide) groups is 1. The maximum Gasteiger partial charge on any atom is 0.261 e. The summed E-state index contributed by atoms with van der Waals surface area (Å²) in [6, 6.07) is 13.1. The molecule has 0 atom stereocenters. The van der Waals surface area contributed by atoms with Crippen molar-refractivity contribution in [1.29, 1.82) is 0 Å². The first kappa shape index (κ1) is 19.5. The topological polar surface area (TPSA) is 64.0 Å². The molecule has 3 aromatic rings. The van der Waals surface area contributed by atoms with Crippen LogP contribution in [0, 0.1) is 6.92 Å². The standard InChI is InChI=1S/C20H20ClN3O2S/c1-14-3-2-4-17-19(14)23-13-24(20(17)26)11-9-18(25)22-10-12-27-16-7-5-15(21)6-8-16/h2-8,13H,9-12H2,1H3,(H,22,25). The van der Waals surface area contributed by atoms with Crippen LogP contribution in [-0.4, -0.2) is 27.8 Å². The van der Waals surface area contributed by atoms with Gasteiger partial charge in [0.15, 0.2) is 0 Å². The third-order valence-electron chi connectivity index (χ3n) is 4.14. The van der Waals surface area contributed by atoms with Crippen molar-refractivity contribution in [3.63, 3.8) is 0 Å². The van der Waals surface area contributed by atoms with Gasteiger partial charge in [-0.3, -0.25) is 14.2 Å². The van der Waals surface area contributed by atoms with Crippen molar-refractivity contribution in [2.75, 3.05) is 12.3 Å². The zero-order valence-corrected chi connectivity index (χ0v) is 16.5. The van der Waals surface area contributed by atoms with Crippen LogP contribution in [-0.2, 0) is 11.3 Å². The number of carbonyl (C=O) groups is 1. The van der Waals surface area contributed by atoms with Crippen LogP contribution in [0.1, 0.15) is 12.0 Å². The Morgan fingerprint density at radius 3 is 2.78 bits per heavy atom. The van der Waals surface area contributed by atoms with Gasteiger partial charge < -0.3 is 5.32 Å². The van der Waals surface area contributed by atoms with Gasteiger partial charge in [0.2, 0.25) is 5.91 Å². The number of hydrogen-bond donors (Lipinski definition) is 1. The summed E-state index contributed by atoms with van der Waals surface area (Å²) < 4.78 is 1.49. The molecule has 0 bridgehead atoms. The Kier molecular flexibility index (Phi) is 6.53. The Labute approximate surface area is 166 Å². The maximum absolute atomic E-state index is 12.5. The minimum absolute atomic E-state index is 0.0806. The van der Waals surface area contributed by atoms with Gasteiger partial charge in [-0.2, -0.15) is 0 Å². The molecule has 0 radical (unpaired) electrons. The minimum Gasteiger partial charge on any atom is -0.355 e. The second-order valence-electron chi connectivity index (χ2n) is 6.12. The van der Waals surface area contributed by atoms with E-state index in [2.05, 4.69) is 10.3 Å². The molecule has 0 saturated carbocycles. The SMILES string of the molecule is Cc1cccc2c(=O)n(CCC(=O)NCCSc3ccc(Cl)cc3)cnc12. The lowest BCUT2D eigenvalue weighted by molar-refractivity contribution is -0.121. The van der Waals surface area contributed by atoms with Crippen molar-refractivity contribution in [1.82, 2.24) is 14.9 Å². The van der Waals surface area contributed by atoms with E-state index in [9.17, 15) is 9.59 Å². The summed E-state index contributed by atoms with van der Waals surface area (Å²) in [6.07, 6.45) is 1.76. The largest absolute Gasteiger partial charge is 0.355 e. The monoisotopic (exact) mass is 401 g/mol. The molecule has 5 nitrogen and oxygen atoms in total. The summed E-state index contributed by atoms with van der Waals surface area (Å²) in [7, 11) is 0. The average Bonchev–Trinajstić information content (AvgIpc) is 2.67. The fraction of sp³-hybridized carbons (Fsp3) is 0.250. The van der Waals surface area contributed by atoms with Crippen molar-refractivity contribution in [3.05, 3.63) is 69.7 Å². The van der Waals surface area contributed by atoms with E-state index >= 15 is 0 Å². The fourth-order valence-electron chi connectivity index (χ4n) is 2.70. The first-order valence-electron chi connectivity index (χ1n) is 8.64. The van der Waals surface area contributed by atoms with Crippen molar-refractivity contribution in [3.8, 4) is 0 Å². The molecule has 7 heteroatoms. The van der Waals surface area contributed by atoms with Crippen LogP contribution in [0.4, 0.5) is 0 Å². The summed E-state index contributed by atoms with van der Waals surface area (Å²) in [4.78, 5) is 30.0. The number of nitrogens with zero attached hydrogens (tertiary/aromatic N) is 2. The predicted molar refractivity (Wildman–Crippen MR) is 111 cm³/mol. The van der Waals surface area contributed by atoms with Crippen LogP contribution in [0.5, 0.6) is 0 Å². The summed E-state index contributed by atoms with van der Waals surface area (Å²) in [5.74, 6) is 0.687. The highest BCUT2D eigenvalue weighted by Crippen LogP contribution is 2.19. The second kappa shape index (κ2) is 9.06. The van der Waals surface area contributed by atoms with Crippen LogP contribution in [0.25, 0.3) is 10.9 Å². The molecule has 2 aromatic carbocycles. The van der Waals surface area contributed by atoms with E-state index in [1.54, 1.807) is 17.8 Å². The molecule has 1 heterocycles. The molecule has 0 fully saturated rings. The van der Waals surface area contributed by atoms with Crippen LogP contribution in [0.2, 0.25) is 5.02 Å². The number of hydrogen-bond acceptors (Lipinski definition) is 4. The molecule has 0 aliphatic heterocycles. The predicted octanol–water partition coefficient (Wildman–Crippen LogP) is 3.66. The molecule has 1 N–H and O–H groups in total. The van der Waals surface area contributed by atoms with E-state index < -0.39 is 0 Å². The van der Waals surface area contributed by atoms with Gasteiger partial charge in [-0.25, -0.2) is 4.98 Å². The van der Waals surface area contributed by atoms with Crippen molar-refractivity contribution < 1.29 is 4.79 Å². The lowest BCUT2D eigenvalue weighted by Gasteiger charge is -2.08. The van der Waals surface area contributed by atoms with Gasteiger partial charge in [0.05, 0.1) is 17.2 Å². The van der Waals surface area contributed by atoms with Gasteiger partial charge in [-0.05, 0) is 42.8 Å². The van der Waals surface area contributed by atoms with Gasteiger partial charge >= 0.3 is 0 Å². The van der Waals surface area contributed by atoms with Crippen LogP contribution < -0.4 is 10.9 Å². The van der Waals surface area contributed by atoms with Crippen LogP contribution in [0.15, 0.2) is 58.5 Å². The van der Waals surface area contributed by atoms with Gasteiger partial charge in [0.25, 0.3) is 5.56 Å². The van der Waals surface area contributed by atoms with E-state index in [1.165, 1.54) is 10.9 Å². The quantitative estimate of drug-likeness (QED) is 0.484. The lowest BCUT2D eigenvalue weighted by atomic mass is 10.1. The van der Waals surface area contributed by atoms with E-state index in [-0.39, 0.29) is 17.9 Å². The number of nitrogens with one attached hydrogen (secondary N) is 1. The third kappa shape index (κ3) is 5.11. The molecular weight excluding hydrogens is 382 g/mol. The smallest absolute Gasteiger partial charge is 0.261 e. The maximum atomic E-state index is 12.5. The number of benzene rings is 2. The molecule has 0 spiro atoms. The number of fused-ring (bicyclic) bond motifs is 1.